The number of hydrogen-bond donors (Lipinski definition) is 1. The Kier molecular flexibility index (Phi) is 3.99. The molecule has 1 rings (SSSR count). The van der Waals surface area contributed by atoms with E-state index in [1.165, 1.54) is 7.11 Å². The fourth-order valence-electron chi connectivity index (χ4n) is 0.999. The van der Waals surface area contributed by atoms with Gasteiger partial charge in [0, 0.05) is 9.13 Å². The second kappa shape index (κ2) is 5.04. The first-order valence-corrected chi connectivity index (χ1v) is 4.89. The van der Waals surface area contributed by atoms with Gasteiger partial charge in [-0.15, -0.1) is 0 Å². The largest absolute Gasteiger partial charge is 0.506 e. The zero-order valence-electron chi connectivity index (χ0n) is 7.49. The standard InChI is InChI=1S/C9H9IO4/c1-13-8-3-2-7(10)4-6(8)5-14-9(11)12/h2-4H,5H2,1H3,(H,11,12). The van der Waals surface area contributed by atoms with Crippen LogP contribution in [0.5, 0.6) is 5.75 Å². The van der Waals surface area contributed by atoms with Crippen molar-refractivity contribution >= 4 is 28.7 Å². The molecular formula is C9H9IO4. The maximum atomic E-state index is 10.2. The molecule has 0 aliphatic heterocycles. The molecular weight excluding hydrogens is 299 g/mol. The van der Waals surface area contributed by atoms with Gasteiger partial charge in [-0.2, -0.15) is 0 Å². The summed E-state index contributed by atoms with van der Waals surface area (Å²) in [5, 5.41) is 8.34. The SMILES string of the molecule is COc1ccc(I)cc1COC(=O)O. The van der Waals surface area contributed by atoms with Crippen LogP contribution in [0.4, 0.5) is 4.79 Å². The van der Waals surface area contributed by atoms with E-state index < -0.39 is 6.16 Å². The highest BCUT2D eigenvalue weighted by atomic mass is 127. The predicted octanol–water partition coefficient (Wildman–Crippen LogP) is 2.49. The maximum absolute atomic E-state index is 10.2. The maximum Gasteiger partial charge on any atom is 0.506 e. The Morgan fingerprint density at radius 3 is 2.86 bits per heavy atom. The number of carboxylic acid groups (broad SMARTS) is 1. The molecule has 1 aromatic rings. The molecule has 0 spiro atoms. The minimum absolute atomic E-state index is 0.00927. The van der Waals surface area contributed by atoms with Gasteiger partial charge in [0.1, 0.15) is 12.4 Å². The summed E-state index contributed by atoms with van der Waals surface area (Å²) in [5.41, 5.74) is 0.724. The van der Waals surface area contributed by atoms with Gasteiger partial charge in [0.25, 0.3) is 0 Å². The van der Waals surface area contributed by atoms with Crippen LogP contribution in [0.1, 0.15) is 5.56 Å². The molecule has 0 aromatic heterocycles. The zero-order valence-corrected chi connectivity index (χ0v) is 9.65. The number of rotatable bonds is 3. The minimum Gasteiger partial charge on any atom is -0.496 e. The molecule has 0 fully saturated rings. The summed E-state index contributed by atoms with van der Waals surface area (Å²) < 4.78 is 10.5. The lowest BCUT2D eigenvalue weighted by Gasteiger charge is -2.07. The Balaban J connectivity index is 2.82. The topological polar surface area (TPSA) is 55.8 Å². The third kappa shape index (κ3) is 3.06. The molecule has 1 aromatic carbocycles. The molecule has 76 valence electrons. The molecule has 0 heterocycles. The van der Waals surface area contributed by atoms with Gasteiger partial charge in [0.15, 0.2) is 0 Å². The Hall–Kier alpha value is -0.980. The number of halogens is 1. The highest BCUT2D eigenvalue weighted by Crippen LogP contribution is 2.21. The first kappa shape index (κ1) is 11.1. The molecule has 14 heavy (non-hydrogen) atoms. The van der Waals surface area contributed by atoms with Crippen LogP contribution < -0.4 is 4.74 Å². The molecule has 0 saturated heterocycles. The summed E-state index contributed by atoms with van der Waals surface area (Å²) in [7, 11) is 1.53. The van der Waals surface area contributed by atoms with Crippen molar-refractivity contribution in [1.29, 1.82) is 0 Å². The monoisotopic (exact) mass is 308 g/mol. The number of hydrogen-bond acceptors (Lipinski definition) is 3. The minimum atomic E-state index is -1.29. The smallest absolute Gasteiger partial charge is 0.496 e. The number of carbonyl (C=O) groups is 1. The second-order valence-corrected chi connectivity index (χ2v) is 3.76. The van der Waals surface area contributed by atoms with Gasteiger partial charge < -0.3 is 14.6 Å². The highest BCUT2D eigenvalue weighted by molar-refractivity contribution is 14.1. The van der Waals surface area contributed by atoms with Crippen molar-refractivity contribution in [3.05, 3.63) is 27.3 Å². The van der Waals surface area contributed by atoms with E-state index in [1.54, 1.807) is 6.07 Å². The molecule has 0 aliphatic rings. The molecule has 0 amide bonds. The number of ether oxygens (including phenoxy) is 2. The van der Waals surface area contributed by atoms with Crippen molar-refractivity contribution in [3.8, 4) is 5.75 Å². The summed E-state index contributed by atoms with van der Waals surface area (Å²) in [4.78, 5) is 10.2. The average Bonchev–Trinajstić information content (AvgIpc) is 2.15. The van der Waals surface area contributed by atoms with Crippen LogP contribution in [-0.4, -0.2) is 18.4 Å². The quantitative estimate of drug-likeness (QED) is 0.688. The van der Waals surface area contributed by atoms with Crippen molar-refractivity contribution in [1.82, 2.24) is 0 Å². The molecule has 4 nitrogen and oxygen atoms in total. The Morgan fingerprint density at radius 1 is 1.57 bits per heavy atom. The third-order valence-corrected chi connectivity index (χ3v) is 2.26. The van der Waals surface area contributed by atoms with E-state index in [9.17, 15) is 4.79 Å². The Morgan fingerprint density at radius 2 is 2.29 bits per heavy atom. The lowest BCUT2D eigenvalue weighted by molar-refractivity contribution is 0.0847. The van der Waals surface area contributed by atoms with Crippen LogP contribution >= 0.6 is 22.6 Å². The molecule has 0 radical (unpaired) electrons. The van der Waals surface area contributed by atoms with E-state index in [0.29, 0.717) is 5.75 Å². The summed E-state index contributed by atoms with van der Waals surface area (Å²) >= 11 is 2.14. The van der Waals surface area contributed by atoms with Gasteiger partial charge in [-0.25, -0.2) is 4.79 Å². The molecule has 5 heteroatoms. The molecule has 1 N–H and O–H groups in total. The molecule has 0 bridgehead atoms. The first-order chi connectivity index (χ1) is 6.63. The van der Waals surface area contributed by atoms with Gasteiger partial charge >= 0.3 is 6.16 Å². The third-order valence-electron chi connectivity index (χ3n) is 1.59. The average molecular weight is 308 g/mol. The molecule has 0 unspecified atom stereocenters. The van der Waals surface area contributed by atoms with E-state index >= 15 is 0 Å². The van der Waals surface area contributed by atoms with Crippen LogP contribution in [0, 0.1) is 3.57 Å². The van der Waals surface area contributed by atoms with E-state index in [4.69, 9.17) is 9.84 Å². The van der Waals surface area contributed by atoms with E-state index in [0.717, 1.165) is 9.13 Å². The van der Waals surface area contributed by atoms with Gasteiger partial charge in [-0.1, -0.05) is 0 Å². The Bertz CT molecular complexity index is 338. The lowest BCUT2D eigenvalue weighted by Crippen LogP contribution is -2.02. The summed E-state index contributed by atoms with van der Waals surface area (Å²) in [6, 6.07) is 5.48. The van der Waals surface area contributed by atoms with Gasteiger partial charge in [-0.3, -0.25) is 0 Å². The van der Waals surface area contributed by atoms with Crippen LogP contribution in [0.2, 0.25) is 0 Å². The second-order valence-electron chi connectivity index (χ2n) is 2.51. The first-order valence-electron chi connectivity index (χ1n) is 3.81. The van der Waals surface area contributed by atoms with Gasteiger partial charge in [0.2, 0.25) is 0 Å². The van der Waals surface area contributed by atoms with Crippen LogP contribution in [0.3, 0.4) is 0 Å². The van der Waals surface area contributed by atoms with Crippen LogP contribution in [-0.2, 0) is 11.3 Å². The summed E-state index contributed by atoms with van der Waals surface area (Å²) in [5.74, 6) is 0.631. The van der Waals surface area contributed by atoms with E-state index in [-0.39, 0.29) is 6.61 Å². The summed E-state index contributed by atoms with van der Waals surface area (Å²) in [6.45, 7) is 0.00927. The fraction of sp³-hybridized carbons (Fsp3) is 0.222. The summed E-state index contributed by atoms with van der Waals surface area (Å²) in [6.07, 6.45) is -1.29. The van der Waals surface area contributed by atoms with Crippen molar-refractivity contribution < 1.29 is 19.4 Å². The zero-order chi connectivity index (χ0) is 10.6. The van der Waals surface area contributed by atoms with Crippen LogP contribution in [0.25, 0.3) is 0 Å². The number of methoxy groups -OCH3 is 1. The van der Waals surface area contributed by atoms with Gasteiger partial charge in [-0.05, 0) is 40.8 Å². The van der Waals surface area contributed by atoms with E-state index in [1.807, 2.05) is 12.1 Å². The van der Waals surface area contributed by atoms with Gasteiger partial charge in [0.05, 0.1) is 7.11 Å². The lowest BCUT2D eigenvalue weighted by atomic mass is 10.2. The number of benzene rings is 1. The normalized spacial score (nSPS) is 9.57. The molecule has 0 atom stereocenters. The predicted molar refractivity (Wildman–Crippen MR) is 58.5 cm³/mol. The van der Waals surface area contributed by atoms with Crippen molar-refractivity contribution in [2.75, 3.05) is 7.11 Å². The Labute approximate surface area is 95.0 Å². The van der Waals surface area contributed by atoms with Crippen molar-refractivity contribution in [2.24, 2.45) is 0 Å². The molecule has 0 aliphatic carbocycles. The molecule has 0 saturated carbocycles. The van der Waals surface area contributed by atoms with Crippen molar-refractivity contribution in [3.63, 3.8) is 0 Å². The van der Waals surface area contributed by atoms with Crippen LogP contribution in [0.15, 0.2) is 18.2 Å². The van der Waals surface area contributed by atoms with E-state index in [2.05, 4.69) is 27.3 Å². The van der Waals surface area contributed by atoms with Crippen molar-refractivity contribution in [2.45, 2.75) is 6.61 Å². The highest BCUT2D eigenvalue weighted by Gasteiger charge is 2.06. The fourth-order valence-corrected chi connectivity index (χ4v) is 1.56.